The average Bonchev–Trinajstić information content (AvgIpc) is 2.48. The van der Waals surface area contributed by atoms with Gasteiger partial charge in [-0.25, -0.2) is 4.79 Å². The summed E-state index contributed by atoms with van der Waals surface area (Å²) in [6.07, 6.45) is 1.91. The second-order valence-electron chi connectivity index (χ2n) is 2.96. The maximum atomic E-state index is 10.5. The third-order valence-electron chi connectivity index (χ3n) is 1.68. The van der Waals surface area contributed by atoms with E-state index in [1.807, 2.05) is 13.0 Å². The maximum Gasteiger partial charge on any atom is 0.345 e. The molecule has 0 saturated carbocycles. The Bertz CT molecular complexity index is 292. The zero-order chi connectivity index (χ0) is 9.84. The van der Waals surface area contributed by atoms with Gasteiger partial charge in [-0.3, -0.25) is 0 Å². The summed E-state index contributed by atoms with van der Waals surface area (Å²) in [5, 5.41) is 9.04. The summed E-state index contributed by atoms with van der Waals surface area (Å²) in [6, 6.07) is 3.54. The summed E-state index contributed by atoms with van der Waals surface area (Å²) in [6.45, 7) is 2.04. The molecular weight excluding hydrogens is 204 g/mol. The molecule has 2 nitrogen and oxygen atoms in total. The van der Waals surface area contributed by atoms with E-state index in [2.05, 4.69) is 12.6 Å². The van der Waals surface area contributed by atoms with E-state index in [-0.39, 0.29) is 0 Å². The molecule has 1 aromatic rings. The minimum Gasteiger partial charge on any atom is -0.477 e. The SMILES string of the molecule is CC(S)CCc1ccc(C(=O)O)s1. The van der Waals surface area contributed by atoms with Crippen LogP contribution in [-0.2, 0) is 6.42 Å². The van der Waals surface area contributed by atoms with Gasteiger partial charge >= 0.3 is 5.97 Å². The molecule has 4 heteroatoms. The first kappa shape index (κ1) is 10.6. The smallest absolute Gasteiger partial charge is 0.345 e. The van der Waals surface area contributed by atoms with Crippen LogP contribution in [-0.4, -0.2) is 16.3 Å². The van der Waals surface area contributed by atoms with Gasteiger partial charge in [-0.1, -0.05) is 6.92 Å². The average molecular weight is 216 g/mol. The number of hydrogen-bond donors (Lipinski definition) is 2. The molecule has 0 aliphatic rings. The van der Waals surface area contributed by atoms with Gasteiger partial charge < -0.3 is 5.11 Å². The van der Waals surface area contributed by atoms with Gasteiger partial charge in [0, 0.05) is 4.88 Å². The van der Waals surface area contributed by atoms with Gasteiger partial charge in [0.2, 0.25) is 0 Å². The summed E-state index contributed by atoms with van der Waals surface area (Å²) >= 11 is 5.61. The number of aromatic carboxylic acids is 1. The van der Waals surface area contributed by atoms with Crippen LogP contribution in [0.1, 0.15) is 27.9 Å². The third kappa shape index (κ3) is 3.40. The van der Waals surface area contributed by atoms with Gasteiger partial charge in [0.15, 0.2) is 0 Å². The molecule has 0 aliphatic carbocycles. The van der Waals surface area contributed by atoms with Crippen LogP contribution >= 0.6 is 24.0 Å². The van der Waals surface area contributed by atoms with E-state index in [9.17, 15) is 4.79 Å². The molecule has 0 bridgehead atoms. The van der Waals surface area contributed by atoms with Crippen LogP contribution in [0.25, 0.3) is 0 Å². The van der Waals surface area contributed by atoms with Gasteiger partial charge in [0.25, 0.3) is 0 Å². The molecule has 0 saturated heterocycles. The number of carbonyl (C=O) groups is 1. The van der Waals surface area contributed by atoms with E-state index in [0.29, 0.717) is 10.1 Å². The molecule has 0 amide bonds. The predicted octanol–water partition coefficient (Wildman–Crippen LogP) is 2.70. The monoisotopic (exact) mass is 216 g/mol. The maximum absolute atomic E-state index is 10.5. The molecule has 1 N–H and O–H groups in total. The number of carboxylic acids is 1. The lowest BCUT2D eigenvalue weighted by molar-refractivity contribution is 0.0702. The molecular formula is C9H12O2S2. The molecule has 72 valence electrons. The van der Waals surface area contributed by atoms with E-state index < -0.39 is 5.97 Å². The Kier molecular flexibility index (Phi) is 3.81. The molecule has 0 aliphatic heterocycles. The highest BCUT2D eigenvalue weighted by Crippen LogP contribution is 2.19. The van der Waals surface area contributed by atoms with Crippen molar-refractivity contribution in [1.29, 1.82) is 0 Å². The molecule has 1 aromatic heterocycles. The number of carboxylic acid groups (broad SMARTS) is 1. The summed E-state index contributed by atoms with van der Waals surface area (Å²) in [4.78, 5) is 12.1. The van der Waals surface area contributed by atoms with Crippen molar-refractivity contribution in [3.05, 3.63) is 21.9 Å². The van der Waals surface area contributed by atoms with Gasteiger partial charge in [0.1, 0.15) is 4.88 Å². The van der Waals surface area contributed by atoms with Crippen molar-refractivity contribution in [2.24, 2.45) is 0 Å². The first-order valence-electron chi connectivity index (χ1n) is 4.09. The largest absolute Gasteiger partial charge is 0.477 e. The van der Waals surface area contributed by atoms with E-state index in [0.717, 1.165) is 17.7 Å². The molecule has 1 heterocycles. The van der Waals surface area contributed by atoms with E-state index in [1.54, 1.807) is 6.07 Å². The van der Waals surface area contributed by atoms with Crippen LogP contribution < -0.4 is 0 Å². The van der Waals surface area contributed by atoms with E-state index in [1.165, 1.54) is 11.3 Å². The zero-order valence-corrected chi connectivity index (χ0v) is 9.07. The second kappa shape index (κ2) is 4.67. The van der Waals surface area contributed by atoms with Gasteiger partial charge in [-0.2, -0.15) is 12.6 Å². The fourth-order valence-corrected chi connectivity index (χ4v) is 1.97. The van der Waals surface area contributed by atoms with E-state index in [4.69, 9.17) is 5.11 Å². The quantitative estimate of drug-likeness (QED) is 0.759. The van der Waals surface area contributed by atoms with Crippen molar-refractivity contribution in [3.63, 3.8) is 0 Å². The number of rotatable bonds is 4. The molecule has 0 fully saturated rings. The summed E-state index contributed by atoms with van der Waals surface area (Å²) < 4.78 is 0. The van der Waals surface area contributed by atoms with Crippen LogP contribution in [0.5, 0.6) is 0 Å². The van der Waals surface area contributed by atoms with E-state index >= 15 is 0 Å². The first-order chi connectivity index (χ1) is 6.09. The molecule has 0 aromatic carbocycles. The molecule has 1 unspecified atom stereocenters. The topological polar surface area (TPSA) is 37.3 Å². The van der Waals surface area contributed by atoms with Crippen LogP contribution in [0.15, 0.2) is 12.1 Å². The lowest BCUT2D eigenvalue weighted by Gasteiger charge is -2.00. The fourth-order valence-electron chi connectivity index (χ4n) is 0.978. The second-order valence-corrected chi connectivity index (χ2v) is 5.01. The minimum absolute atomic E-state index is 0.371. The number of hydrogen-bond acceptors (Lipinski definition) is 3. The Morgan fingerprint density at radius 2 is 2.38 bits per heavy atom. The Morgan fingerprint density at radius 3 is 2.85 bits per heavy atom. The number of thiophene rings is 1. The highest BCUT2D eigenvalue weighted by atomic mass is 32.1. The van der Waals surface area contributed by atoms with Crippen molar-refractivity contribution in [3.8, 4) is 0 Å². The van der Waals surface area contributed by atoms with Gasteiger partial charge in [0.05, 0.1) is 0 Å². The molecule has 1 atom stereocenters. The van der Waals surface area contributed by atoms with Gasteiger partial charge in [-0.05, 0) is 30.2 Å². The Balaban J connectivity index is 2.54. The molecule has 1 rings (SSSR count). The lowest BCUT2D eigenvalue weighted by atomic mass is 10.2. The molecule has 0 radical (unpaired) electrons. The summed E-state index contributed by atoms with van der Waals surface area (Å²) in [5.41, 5.74) is 0. The highest BCUT2D eigenvalue weighted by Gasteiger charge is 2.06. The Morgan fingerprint density at radius 1 is 1.69 bits per heavy atom. The highest BCUT2D eigenvalue weighted by molar-refractivity contribution is 7.80. The van der Waals surface area contributed by atoms with Crippen LogP contribution in [0, 0.1) is 0 Å². The normalized spacial score (nSPS) is 12.8. The van der Waals surface area contributed by atoms with Crippen molar-refractivity contribution in [1.82, 2.24) is 0 Å². The Hall–Kier alpha value is -0.480. The van der Waals surface area contributed by atoms with Crippen LogP contribution in [0.4, 0.5) is 0 Å². The minimum atomic E-state index is -0.838. The predicted molar refractivity (Wildman–Crippen MR) is 58.0 cm³/mol. The van der Waals surface area contributed by atoms with Crippen molar-refractivity contribution in [2.45, 2.75) is 25.0 Å². The van der Waals surface area contributed by atoms with Crippen LogP contribution in [0.2, 0.25) is 0 Å². The summed E-state index contributed by atoms with van der Waals surface area (Å²) in [7, 11) is 0. The zero-order valence-electron chi connectivity index (χ0n) is 7.36. The van der Waals surface area contributed by atoms with Crippen molar-refractivity contribution >= 4 is 29.9 Å². The van der Waals surface area contributed by atoms with Crippen molar-refractivity contribution in [2.75, 3.05) is 0 Å². The standard InChI is InChI=1S/C9H12O2S2/c1-6(12)2-3-7-4-5-8(13-7)9(10)11/h4-6,12H,2-3H2,1H3,(H,10,11). The summed E-state index contributed by atoms with van der Waals surface area (Å²) in [5.74, 6) is -0.838. The first-order valence-corrected chi connectivity index (χ1v) is 5.43. The fraction of sp³-hybridized carbons (Fsp3) is 0.444. The Labute approximate surface area is 87.0 Å². The number of aryl methyl sites for hydroxylation is 1. The molecule has 13 heavy (non-hydrogen) atoms. The molecule has 0 spiro atoms. The van der Waals surface area contributed by atoms with Gasteiger partial charge in [-0.15, -0.1) is 11.3 Å². The lowest BCUT2D eigenvalue weighted by Crippen LogP contribution is -1.92. The van der Waals surface area contributed by atoms with Crippen LogP contribution in [0.3, 0.4) is 0 Å². The number of thiol groups is 1. The van der Waals surface area contributed by atoms with Crippen molar-refractivity contribution < 1.29 is 9.90 Å². The third-order valence-corrected chi connectivity index (χ3v) is 3.07.